The first-order chi connectivity index (χ1) is 13.6. The maximum Gasteiger partial charge on any atom is 0.387 e. The minimum absolute atomic E-state index is 0. The molecule has 29 heavy (non-hydrogen) atoms. The van der Waals surface area contributed by atoms with Crippen LogP contribution >= 0.6 is 35.3 Å². The van der Waals surface area contributed by atoms with Crippen LogP contribution in [0.3, 0.4) is 0 Å². The Morgan fingerprint density at radius 1 is 1.24 bits per heavy atom. The smallest absolute Gasteiger partial charge is 0.387 e. The van der Waals surface area contributed by atoms with Gasteiger partial charge in [0.25, 0.3) is 0 Å². The summed E-state index contributed by atoms with van der Waals surface area (Å²) in [6.07, 6.45) is 2.83. The molecule has 6 nitrogen and oxygen atoms in total. The van der Waals surface area contributed by atoms with E-state index >= 15 is 0 Å². The van der Waals surface area contributed by atoms with E-state index in [0.717, 1.165) is 11.4 Å². The number of hydrogen-bond acceptors (Lipinski definition) is 5. The molecule has 0 aliphatic carbocycles. The van der Waals surface area contributed by atoms with E-state index in [4.69, 9.17) is 4.74 Å². The van der Waals surface area contributed by atoms with Crippen LogP contribution in [0.4, 0.5) is 8.78 Å². The Morgan fingerprint density at radius 2 is 2.03 bits per heavy atom. The molecule has 0 atom stereocenters. The molecule has 0 radical (unpaired) electrons. The summed E-state index contributed by atoms with van der Waals surface area (Å²) >= 11 is 1.65. The van der Waals surface area contributed by atoms with Gasteiger partial charge in [0.15, 0.2) is 17.5 Å². The average Bonchev–Trinajstić information content (AvgIpc) is 3.14. The highest BCUT2D eigenvalue weighted by atomic mass is 127. The normalized spacial score (nSPS) is 11.2. The monoisotopic (exact) mass is 540 g/mol. The number of para-hydroxylation sites is 1. The maximum atomic E-state index is 12.8. The summed E-state index contributed by atoms with van der Waals surface area (Å²) in [5.74, 6) is 0.871. The van der Waals surface area contributed by atoms with E-state index in [2.05, 4.69) is 32.3 Å². The van der Waals surface area contributed by atoms with Gasteiger partial charge in [0.05, 0.1) is 19.7 Å². The molecule has 1 aromatic heterocycles. The number of nitrogens with one attached hydrogen (secondary N) is 2. The lowest BCUT2D eigenvalue weighted by molar-refractivity contribution is -0.0520. The molecule has 2 N–H and O–H groups in total. The van der Waals surface area contributed by atoms with Crippen LogP contribution in [0.1, 0.15) is 36.2 Å². The molecule has 0 spiro atoms. The van der Waals surface area contributed by atoms with E-state index < -0.39 is 6.61 Å². The van der Waals surface area contributed by atoms with Crippen molar-refractivity contribution in [2.24, 2.45) is 4.99 Å². The number of rotatable bonds is 10. The predicted molar refractivity (Wildman–Crippen MR) is 123 cm³/mol. The number of benzene rings is 1. The molecular weight excluding hydrogens is 513 g/mol. The highest BCUT2D eigenvalue weighted by molar-refractivity contribution is 14.0. The molecule has 1 heterocycles. The van der Waals surface area contributed by atoms with E-state index in [1.54, 1.807) is 36.5 Å². The van der Waals surface area contributed by atoms with Gasteiger partial charge in [-0.25, -0.2) is 9.98 Å². The highest BCUT2D eigenvalue weighted by Crippen LogP contribution is 2.33. The molecular formula is C19H27F2IN4O2S. The van der Waals surface area contributed by atoms with Crippen LogP contribution in [0.2, 0.25) is 0 Å². The number of halogens is 3. The second-order valence-electron chi connectivity index (χ2n) is 5.68. The fourth-order valence-corrected chi connectivity index (χ4v) is 3.24. The average molecular weight is 540 g/mol. The summed E-state index contributed by atoms with van der Waals surface area (Å²) in [6.45, 7) is 4.61. The Hall–Kier alpha value is -1.69. The molecule has 0 fully saturated rings. The minimum Gasteiger partial charge on any atom is -0.490 e. The van der Waals surface area contributed by atoms with Crippen molar-refractivity contribution in [3.8, 4) is 11.5 Å². The van der Waals surface area contributed by atoms with Gasteiger partial charge in [-0.15, -0.1) is 35.3 Å². The Bertz CT molecular complexity index is 774. The quantitative estimate of drug-likeness (QED) is 0.263. The van der Waals surface area contributed by atoms with Gasteiger partial charge in [-0.1, -0.05) is 19.1 Å². The zero-order chi connectivity index (χ0) is 20.4. The number of nitrogens with zero attached hydrogens (tertiary/aromatic N) is 2. The number of guanidine groups is 1. The summed E-state index contributed by atoms with van der Waals surface area (Å²) in [7, 11) is 0. The molecule has 2 aromatic rings. The van der Waals surface area contributed by atoms with Crippen LogP contribution in [0.25, 0.3) is 0 Å². The first-order valence-corrected chi connectivity index (χ1v) is 10.0. The highest BCUT2D eigenvalue weighted by Gasteiger charge is 2.15. The fourth-order valence-electron chi connectivity index (χ4n) is 2.44. The second-order valence-corrected chi connectivity index (χ2v) is 6.88. The van der Waals surface area contributed by atoms with Gasteiger partial charge in [0, 0.05) is 23.2 Å². The maximum absolute atomic E-state index is 12.8. The largest absolute Gasteiger partial charge is 0.490 e. The zero-order valence-electron chi connectivity index (χ0n) is 16.7. The number of ether oxygens (including phenoxy) is 2. The summed E-state index contributed by atoms with van der Waals surface area (Å²) in [4.78, 5) is 10.1. The van der Waals surface area contributed by atoms with Gasteiger partial charge in [-0.05, 0) is 26.3 Å². The lowest BCUT2D eigenvalue weighted by Crippen LogP contribution is -2.36. The van der Waals surface area contributed by atoms with Crippen molar-refractivity contribution in [3.63, 3.8) is 0 Å². The molecule has 10 heteroatoms. The van der Waals surface area contributed by atoms with E-state index in [1.807, 2.05) is 13.1 Å². The van der Waals surface area contributed by atoms with Crippen molar-refractivity contribution in [2.45, 2.75) is 46.9 Å². The molecule has 0 aliphatic heterocycles. The molecule has 0 saturated carbocycles. The fraction of sp³-hybridized carbons (Fsp3) is 0.474. The Kier molecular flexibility index (Phi) is 11.8. The summed E-state index contributed by atoms with van der Waals surface area (Å²) in [5, 5.41) is 7.31. The van der Waals surface area contributed by atoms with Gasteiger partial charge < -0.3 is 20.1 Å². The van der Waals surface area contributed by atoms with Crippen molar-refractivity contribution in [1.82, 2.24) is 15.6 Å². The third kappa shape index (κ3) is 8.29. The van der Waals surface area contributed by atoms with Gasteiger partial charge in [0.1, 0.15) is 5.01 Å². The Morgan fingerprint density at radius 3 is 2.66 bits per heavy atom. The number of hydrogen-bond donors (Lipinski definition) is 2. The predicted octanol–water partition coefficient (Wildman–Crippen LogP) is 4.58. The third-order valence-electron chi connectivity index (χ3n) is 3.68. The van der Waals surface area contributed by atoms with Crippen molar-refractivity contribution < 1.29 is 18.3 Å². The van der Waals surface area contributed by atoms with Crippen molar-refractivity contribution in [1.29, 1.82) is 0 Å². The van der Waals surface area contributed by atoms with Gasteiger partial charge in [0.2, 0.25) is 0 Å². The summed E-state index contributed by atoms with van der Waals surface area (Å²) < 4.78 is 35.8. The Balaban J connectivity index is 0.00000420. The second kappa shape index (κ2) is 13.5. The number of aryl methyl sites for hydroxylation is 1. The lowest BCUT2D eigenvalue weighted by Gasteiger charge is -2.15. The zero-order valence-corrected chi connectivity index (χ0v) is 19.9. The van der Waals surface area contributed by atoms with E-state index in [-0.39, 0.29) is 42.0 Å². The van der Waals surface area contributed by atoms with Crippen molar-refractivity contribution >= 4 is 41.3 Å². The van der Waals surface area contributed by atoms with Crippen LogP contribution in [0, 0.1) is 0 Å². The van der Waals surface area contributed by atoms with E-state index in [9.17, 15) is 8.78 Å². The molecule has 1 aromatic carbocycles. The molecule has 0 aliphatic rings. The van der Waals surface area contributed by atoms with Crippen LogP contribution < -0.4 is 20.1 Å². The number of alkyl halides is 2. The van der Waals surface area contributed by atoms with Gasteiger partial charge in [-0.2, -0.15) is 8.78 Å². The first-order valence-electron chi connectivity index (χ1n) is 9.22. The molecule has 2 rings (SSSR count). The minimum atomic E-state index is -2.94. The molecule has 0 amide bonds. The molecule has 0 bridgehead atoms. The number of aliphatic imine (C=N–C) groups is 1. The van der Waals surface area contributed by atoms with Gasteiger partial charge in [-0.3, -0.25) is 0 Å². The van der Waals surface area contributed by atoms with E-state index in [0.29, 0.717) is 31.2 Å². The number of aromatic nitrogens is 1. The van der Waals surface area contributed by atoms with Crippen LogP contribution in [-0.4, -0.2) is 30.7 Å². The first kappa shape index (κ1) is 25.3. The molecule has 0 unspecified atom stereocenters. The van der Waals surface area contributed by atoms with Crippen molar-refractivity contribution in [3.05, 3.63) is 39.8 Å². The van der Waals surface area contributed by atoms with Crippen LogP contribution in [-0.2, 0) is 19.5 Å². The molecule has 162 valence electrons. The van der Waals surface area contributed by atoms with Gasteiger partial charge >= 0.3 is 6.61 Å². The van der Waals surface area contributed by atoms with Crippen molar-refractivity contribution in [2.75, 3.05) is 13.2 Å². The Labute approximate surface area is 191 Å². The SMILES string of the molecule is CCNC(=NCc1cccc(OCC)c1OC(F)F)NCc1ncc(CC)s1.I. The van der Waals surface area contributed by atoms with Crippen LogP contribution in [0.5, 0.6) is 11.5 Å². The van der Waals surface area contributed by atoms with Crippen LogP contribution in [0.15, 0.2) is 29.4 Å². The standard InChI is InChI=1S/C19H26F2N4O2S.HI/c1-4-14-11-23-16(28-14)12-25-19(22-5-2)24-10-13-8-7-9-15(26-6-3)17(13)27-18(20)21;/h7-9,11,18H,4-6,10,12H2,1-3H3,(H2,22,24,25);1H. The topological polar surface area (TPSA) is 67.8 Å². The van der Waals surface area contributed by atoms with E-state index in [1.165, 1.54) is 4.88 Å². The number of thiazole rings is 1. The summed E-state index contributed by atoms with van der Waals surface area (Å²) in [5.41, 5.74) is 0.519. The summed E-state index contributed by atoms with van der Waals surface area (Å²) in [6, 6.07) is 5.03. The third-order valence-corrected chi connectivity index (χ3v) is 4.82. The molecule has 0 saturated heterocycles. The lowest BCUT2D eigenvalue weighted by atomic mass is 10.2.